The van der Waals surface area contributed by atoms with Gasteiger partial charge in [-0.05, 0) is 64.4 Å². The number of hydrazone groups is 1. The Kier molecular flexibility index (Phi) is 6.28. The second-order valence-corrected chi connectivity index (χ2v) is 6.00. The van der Waals surface area contributed by atoms with E-state index in [0.29, 0.717) is 5.69 Å². The number of amides is 2. The van der Waals surface area contributed by atoms with E-state index in [-0.39, 0.29) is 0 Å². The van der Waals surface area contributed by atoms with Gasteiger partial charge in [0, 0.05) is 9.26 Å². The monoisotopic (exact) mass is 421 g/mol. The average molecular weight is 421 g/mol. The van der Waals surface area contributed by atoms with Gasteiger partial charge in [0.25, 0.3) is 0 Å². The summed E-state index contributed by atoms with van der Waals surface area (Å²) in [6, 6.07) is 14.9. The molecule has 0 atom stereocenters. The first-order chi connectivity index (χ1) is 11.1. The number of anilines is 1. The van der Waals surface area contributed by atoms with Crippen LogP contribution in [0.1, 0.15) is 18.1 Å². The van der Waals surface area contributed by atoms with Crippen molar-refractivity contribution >= 4 is 46.3 Å². The minimum atomic E-state index is -0.813. The predicted molar refractivity (Wildman–Crippen MR) is 99.3 cm³/mol. The Morgan fingerprint density at radius 3 is 2.52 bits per heavy atom. The molecule has 2 amide bonds. The third-order valence-corrected chi connectivity index (χ3v) is 3.73. The zero-order chi connectivity index (χ0) is 16.7. The van der Waals surface area contributed by atoms with E-state index >= 15 is 0 Å². The lowest BCUT2D eigenvalue weighted by Crippen LogP contribution is -2.32. The number of nitrogens with one attached hydrogen (secondary N) is 2. The minimum absolute atomic E-state index is 0.573. The lowest BCUT2D eigenvalue weighted by atomic mass is 10.1. The normalized spacial score (nSPS) is 10.5. The van der Waals surface area contributed by atoms with Gasteiger partial charge < -0.3 is 5.32 Å². The van der Waals surface area contributed by atoms with Gasteiger partial charge in [-0.2, -0.15) is 5.10 Å². The van der Waals surface area contributed by atoms with E-state index in [9.17, 15) is 9.59 Å². The molecule has 0 bridgehead atoms. The van der Waals surface area contributed by atoms with E-state index in [0.717, 1.165) is 21.1 Å². The number of rotatable bonds is 4. The number of hydrogen-bond acceptors (Lipinski definition) is 3. The molecule has 0 saturated carbocycles. The van der Waals surface area contributed by atoms with Crippen LogP contribution in [-0.2, 0) is 16.0 Å². The smallest absolute Gasteiger partial charge is 0.318 e. The van der Waals surface area contributed by atoms with Crippen molar-refractivity contribution in [2.45, 2.75) is 13.3 Å². The first kappa shape index (κ1) is 17.1. The Labute approximate surface area is 148 Å². The maximum absolute atomic E-state index is 11.8. The largest absolute Gasteiger partial charge is 0.329 e. The second-order valence-electron chi connectivity index (χ2n) is 4.76. The summed E-state index contributed by atoms with van der Waals surface area (Å²) < 4.78 is 1.06. The molecule has 0 aliphatic carbocycles. The minimum Gasteiger partial charge on any atom is -0.318 e. The molecule has 23 heavy (non-hydrogen) atoms. The van der Waals surface area contributed by atoms with Crippen LogP contribution in [0.5, 0.6) is 0 Å². The highest BCUT2D eigenvalue weighted by Gasteiger charge is 2.12. The molecule has 0 aliphatic rings. The van der Waals surface area contributed by atoms with E-state index in [1.54, 1.807) is 12.1 Å². The Hall–Kier alpha value is -2.22. The van der Waals surface area contributed by atoms with Crippen molar-refractivity contribution in [3.63, 3.8) is 0 Å². The van der Waals surface area contributed by atoms with E-state index in [4.69, 9.17) is 0 Å². The fourth-order valence-corrected chi connectivity index (χ4v) is 2.38. The molecule has 5 nitrogen and oxygen atoms in total. The van der Waals surface area contributed by atoms with E-state index in [2.05, 4.69) is 38.4 Å². The zero-order valence-electron chi connectivity index (χ0n) is 12.5. The first-order valence-corrected chi connectivity index (χ1v) is 8.15. The number of nitrogens with zero attached hydrogens (tertiary/aromatic N) is 1. The molecule has 118 valence electrons. The molecule has 0 spiro atoms. The highest BCUT2D eigenvalue weighted by molar-refractivity contribution is 14.1. The number of carbonyl (C=O) groups excluding carboxylic acids is 2. The van der Waals surface area contributed by atoms with Crippen LogP contribution in [0, 0.1) is 3.57 Å². The Bertz CT molecular complexity index is 727. The van der Waals surface area contributed by atoms with Crippen molar-refractivity contribution in [2.75, 3.05) is 5.32 Å². The van der Waals surface area contributed by atoms with Crippen molar-refractivity contribution in [1.82, 2.24) is 5.43 Å². The number of hydrogen-bond donors (Lipinski definition) is 2. The Morgan fingerprint density at radius 2 is 1.87 bits per heavy atom. The van der Waals surface area contributed by atoms with Crippen LogP contribution >= 0.6 is 22.6 Å². The van der Waals surface area contributed by atoms with Gasteiger partial charge in [-0.25, -0.2) is 5.43 Å². The van der Waals surface area contributed by atoms with Crippen LogP contribution < -0.4 is 10.7 Å². The summed E-state index contributed by atoms with van der Waals surface area (Å²) in [5, 5.41) is 6.31. The van der Waals surface area contributed by atoms with Crippen LogP contribution in [0.2, 0.25) is 0 Å². The van der Waals surface area contributed by atoms with Crippen LogP contribution in [0.3, 0.4) is 0 Å². The van der Waals surface area contributed by atoms with Crippen LogP contribution in [0.15, 0.2) is 53.6 Å². The van der Waals surface area contributed by atoms with E-state index in [1.165, 1.54) is 6.21 Å². The summed E-state index contributed by atoms with van der Waals surface area (Å²) in [5.41, 5.74) is 4.78. The standard InChI is InChI=1S/C17H16IN3O2/c1-2-12-6-8-15(9-7-12)20-16(22)17(23)21-19-11-13-4-3-5-14(18)10-13/h3-11H,2H2,1H3,(H,20,22)(H,21,23). The van der Waals surface area contributed by atoms with Gasteiger partial charge in [-0.1, -0.05) is 31.2 Å². The fraction of sp³-hybridized carbons (Fsp3) is 0.118. The first-order valence-electron chi connectivity index (χ1n) is 7.07. The van der Waals surface area contributed by atoms with Gasteiger partial charge in [-0.15, -0.1) is 0 Å². The summed E-state index contributed by atoms with van der Waals surface area (Å²) >= 11 is 2.19. The fourth-order valence-electron chi connectivity index (χ4n) is 1.81. The molecule has 0 saturated heterocycles. The van der Waals surface area contributed by atoms with E-state index < -0.39 is 11.8 Å². The highest BCUT2D eigenvalue weighted by atomic mass is 127. The summed E-state index contributed by atoms with van der Waals surface area (Å²) in [4.78, 5) is 23.5. The molecule has 0 fully saturated rings. The van der Waals surface area contributed by atoms with Gasteiger partial charge >= 0.3 is 11.8 Å². The maximum Gasteiger partial charge on any atom is 0.329 e. The van der Waals surface area contributed by atoms with Crippen LogP contribution in [-0.4, -0.2) is 18.0 Å². The summed E-state index contributed by atoms with van der Waals surface area (Å²) in [5.74, 6) is -1.57. The molecular weight excluding hydrogens is 405 g/mol. The predicted octanol–water partition coefficient (Wildman–Crippen LogP) is 2.94. The molecule has 2 aromatic carbocycles. The van der Waals surface area contributed by atoms with Gasteiger partial charge in [0.2, 0.25) is 0 Å². The highest BCUT2D eigenvalue weighted by Crippen LogP contribution is 2.09. The summed E-state index contributed by atoms with van der Waals surface area (Å²) in [7, 11) is 0. The topological polar surface area (TPSA) is 70.6 Å². The lowest BCUT2D eigenvalue weighted by molar-refractivity contribution is -0.136. The van der Waals surface area contributed by atoms with Crippen molar-refractivity contribution in [3.8, 4) is 0 Å². The molecule has 0 aliphatic heterocycles. The third-order valence-electron chi connectivity index (χ3n) is 3.05. The number of benzene rings is 2. The van der Waals surface area contributed by atoms with Crippen molar-refractivity contribution < 1.29 is 9.59 Å². The maximum atomic E-state index is 11.8. The summed E-state index contributed by atoms with van der Waals surface area (Å²) in [6.07, 6.45) is 2.41. The average Bonchev–Trinajstić information content (AvgIpc) is 2.55. The quantitative estimate of drug-likeness (QED) is 0.345. The van der Waals surface area contributed by atoms with Gasteiger partial charge in [-0.3, -0.25) is 9.59 Å². The number of halogens is 1. The molecule has 0 unspecified atom stereocenters. The van der Waals surface area contributed by atoms with Gasteiger partial charge in [0.15, 0.2) is 0 Å². The Morgan fingerprint density at radius 1 is 1.13 bits per heavy atom. The molecule has 2 rings (SSSR count). The molecule has 6 heteroatoms. The van der Waals surface area contributed by atoms with Gasteiger partial charge in [0.05, 0.1) is 6.21 Å². The van der Waals surface area contributed by atoms with Gasteiger partial charge in [0.1, 0.15) is 0 Å². The van der Waals surface area contributed by atoms with Crippen LogP contribution in [0.4, 0.5) is 5.69 Å². The molecular formula is C17H16IN3O2. The summed E-state index contributed by atoms with van der Waals surface area (Å²) in [6.45, 7) is 2.05. The lowest BCUT2D eigenvalue weighted by Gasteiger charge is -2.04. The van der Waals surface area contributed by atoms with Crippen molar-refractivity contribution in [3.05, 3.63) is 63.2 Å². The van der Waals surface area contributed by atoms with E-state index in [1.807, 2.05) is 43.3 Å². The zero-order valence-corrected chi connectivity index (χ0v) is 14.7. The molecule has 2 aromatic rings. The molecule has 0 heterocycles. The molecule has 0 radical (unpaired) electrons. The van der Waals surface area contributed by atoms with Crippen LogP contribution in [0.25, 0.3) is 0 Å². The van der Waals surface area contributed by atoms with Crippen molar-refractivity contribution in [1.29, 1.82) is 0 Å². The van der Waals surface area contributed by atoms with Crippen molar-refractivity contribution in [2.24, 2.45) is 5.10 Å². The Balaban J connectivity index is 1.88. The molecule has 0 aromatic heterocycles. The second kappa shape index (κ2) is 8.42. The SMILES string of the molecule is CCc1ccc(NC(=O)C(=O)NN=Cc2cccc(I)c2)cc1. The number of aryl methyl sites for hydroxylation is 1. The molecule has 2 N–H and O–H groups in total. The third kappa shape index (κ3) is 5.48. The number of carbonyl (C=O) groups is 2.